The van der Waals surface area contributed by atoms with Crippen molar-refractivity contribution in [2.75, 3.05) is 4.90 Å². The molecule has 0 unspecified atom stereocenters. The van der Waals surface area contributed by atoms with Crippen LogP contribution in [0.15, 0.2) is 259 Å². The quantitative estimate of drug-likeness (QED) is 0.149. The average molecular weight is 879 g/mol. The van der Waals surface area contributed by atoms with Gasteiger partial charge in [0.1, 0.15) is 11.2 Å². The molecule has 0 radical (unpaired) electrons. The summed E-state index contributed by atoms with van der Waals surface area (Å²) in [7, 11) is 0. The summed E-state index contributed by atoms with van der Waals surface area (Å²) in [4.78, 5) is 2.40. The molecule has 14 aromatic rings. The predicted octanol–water partition coefficient (Wildman–Crippen LogP) is 18.6. The van der Waals surface area contributed by atoms with Crippen LogP contribution in [0.1, 0.15) is 0 Å². The van der Waals surface area contributed by atoms with Gasteiger partial charge in [-0.15, -0.1) is 0 Å². The molecule has 12 aromatic carbocycles. The minimum absolute atomic E-state index is 0.846. The second-order valence-electron chi connectivity index (χ2n) is 18.0. The van der Waals surface area contributed by atoms with E-state index in [-0.39, 0.29) is 0 Å². The minimum Gasteiger partial charge on any atom is -0.455 e. The highest BCUT2D eigenvalue weighted by Gasteiger charge is 2.24. The lowest BCUT2D eigenvalue weighted by Gasteiger charge is -2.27. The minimum atomic E-state index is 0.846. The number of rotatable bonds is 7. The van der Waals surface area contributed by atoms with Crippen LogP contribution in [0.2, 0.25) is 0 Å². The molecule has 2 aromatic heterocycles. The highest BCUT2D eigenvalue weighted by atomic mass is 16.3. The van der Waals surface area contributed by atoms with Gasteiger partial charge in [-0.2, -0.15) is 0 Å². The molecule has 0 aliphatic carbocycles. The first-order valence-electron chi connectivity index (χ1n) is 23.7. The lowest BCUT2D eigenvalue weighted by atomic mass is 9.93. The number of nitrogens with zero attached hydrogens (tertiary/aromatic N) is 2. The third-order valence-electron chi connectivity index (χ3n) is 14.2. The topological polar surface area (TPSA) is 21.3 Å². The van der Waals surface area contributed by atoms with Gasteiger partial charge in [0.2, 0.25) is 0 Å². The van der Waals surface area contributed by atoms with Crippen LogP contribution in [0.4, 0.5) is 17.1 Å². The van der Waals surface area contributed by atoms with Gasteiger partial charge in [-0.25, -0.2) is 0 Å². The van der Waals surface area contributed by atoms with Crippen LogP contribution in [0.5, 0.6) is 0 Å². The number of fused-ring (bicyclic) bond motifs is 10. The van der Waals surface area contributed by atoms with Gasteiger partial charge in [0.05, 0.1) is 27.8 Å². The lowest BCUT2D eigenvalue weighted by Crippen LogP contribution is -2.10. The van der Waals surface area contributed by atoms with Gasteiger partial charge in [-0.1, -0.05) is 182 Å². The van der Waals surface area contributed by atoms with Crippen molar-refractivity contribution in [1.82, 2.24) is 4.57 Å². The van der Waals surface area contributed by atoms with Crippen LogP contribution in [0.25, 0.3) is 115 Å². The van der Waals surface area contributed by atoms with Gasteiger partial charge in [-0.05, 0) is 127 Å². The van der Waals surface area contributed by atoms with Crippen LogP contribution in [-0.4, -0.2) is 4.57 Å². The predicted molar refractivity (Wildman–Crippen MR) is 292 cm³/mol. The average Bonchev–Trinajstić information content (AvgIpc) is 3.98. The van der Waals surface area contributed by atoms with Crippen molar-refractivity contribution < 1.29 is 4.42 Å². The van der Waals surface area contributed by atoms with E-state index in [1.165, 1.54) is 76.4 Å². The van der Waals surface area contributed by atoms with Crippen molar-refractivity contribution in [2.45, 2.75) is 0 Å². The van der Waals surface area contributed by atoms with Crippen molar-refractivity contribution in [3.63, 3.8) is 0 Å². The molecule has 2 heterocycles. The van der Waals surface area contributed by atoms with Crippen LogP contribution in [-0.2, 0) is 0 Å². The van der Waals surface area contributed by atoms with E-state index in [9.17, 15) is 0 Å². The third-order valence-corrected chi connectivity index (χ3v) is 14.2. The van der Waals surface area contributed by atoms with Gasteiger partial charge < -0.3 is 13.9 Å². The van der Waals surface area contributed by atoms with Gasteiger partial charge in [0.25, 0.3) is 0 Å². The normalized spacial score (nSPS) is 11.8. The number of furan rings is 1. The molecule has 0 saturated carbocycles. The number of benzene rings is 12. The molecule has 0 amide bonds. The van der Waals surface area contributed by atoms with Gasteiger partial charge >= 0.3 is 0 Å². The summed E-state index contributed by atoms with van der Waals surface area (Å²) in [6.07, 6.45) is 0. The fourth-order valence-electron chi connectivity index (χ4n) is 11.0. The number of para-hydroxylation sites is 4. The number of hydrogen-bond acceptors (Lipinski definition) is 2. The fourth-order valence-corrected chi connectivity index (χ4v) is 11.0. The number of anilines is 3. The van der Waals surface area contributed by atoms with E-state index in [0.29, 0.717) is 0 Å². The summed E-state index contributed by atoms with van der Waals surface area (Å²) in [5.74, 6) is 0. The molecule has 3 nitrogen and oxygen atoms in total. The van der Waals surface area contributed by atoms with Crippen molar-refractivity contribution in [3.05, 3.63) is 255 Å². The van der Waals surface area contributed by atoms with E-state index in [0.717, 1.165) is 55.8 Å². The molecule has 69 heavy (non-hydrogen) atoms. The molecule has 0 fully saturated rings. The summed E-state index contributed by atoms with van der Waals surface area (Å²) in [5.41, 5.74) is 15.1. The lowest BCUT2D eigenvalue weighted by molar-refractivity contribution is 0.670. The fraction of sp³-hybridized carbons (Fsp3) is 0. The number of hydrogen-bond donors (Lipinski definition) is 0. The summed E-state index contributed by atoms with van der Waals surface area (Å²) in [5, 5.41) is 12.1. The molecular weight excluding hydrogens is 837 g/mol. The molecular formula is C66H42N2O. The van der Waals surface area contributed by atoms with E-state index in [1.807, 2.05) is 0 Å². The molecule has 0 atom stereocenters. The highest BCUT2D eigenvalue weighted by molar-refractivity contribution is 6.18. The van der Waals surface area contributed by atoms with Crippen LogP contribution in [0, 0.1) is 0 Å². The molecule has 0 aliphatic heterocycles. The van der Waals surface area contributed by atoms with Crippen molar-refractivity contribution in [1.29, 1.82) is 0 Å². The standard InChI is InChI=1S/C66H42N2O/c1-2-16-46-41-47(30-29-43(46)15-1)44-31-35-49(36-32-44)67(50-37-33-45(34-38-50)59-42-48-17-3-4-18-51(48)52-19-5-6-20-53(52)59)63-40-39-57(66-65(63)58-24-10-14-28-64(58)69-66)56-23-9-13-27-62(56)68-60-25-11-7-21-54(60)55-22-8-12-26-61(55)68/h1-42H. The van der Waals surface area contributed by atoms with Gasteiger partial charge in [-0.3, -0.25) is 0 Å². The summed E-state index contributed by atoms with van der Waals surface area (Å²) < 4.78 is 9.49. The molecule has 14 rings (SSSR count). The Morgan fingerprint density at radius 3 is 1.61 bits per heavy atom. The maximum atomic E-state index is 7.08. The van der Waals surface area contributed by atoms with E-state index in [1.54, 1.807) is 0 Å². The third kappa shape index (κ3) is 6.29. The maximum absolute atomic E-state index is 7.08. The molecule has 322 valence electrons. The van der Waals surface area contributed by atoms with E-state index < -0.39 is 0 Å². The van der Waals surface area contributed by atoms with Gasteiger partial charge in [0.15, 0.2) is 0 Å². The van der Waals surface area contributed by atoms with Crippen LogP contribution in [0.3, 0.4) is 0 Å². The Morgan fingerprint density at radius 1 is 0.319 bits per heavy atom. The monoisotopic (exact) mass is 878 g/mol. The summed E-state index contributed by atoms with van der Waals surface area (Å²) in [6, 6.07) is 92.4. The van der Waals surface area contributed by atoms with Gasteiger partial charge in [0, 0.05) is 38.7 Å². The molecule has 3 heteroatoms. The molecule has 0 N–H and O–H groups in total. The second-order valence-corrected chi connectivity index (χ2v) is 18.0. The molecule has 0 saturated heterocycles. The zero-order chi connectivity index (χ0) is 45.4. The number of aromatic nitrogens is 1. The maximum Gasteiger partial charge on any atom is 0.145 e. The first-order valence-corrected chi connectivity index (χ1v) is 23.7. The first-order chi connectivity index (χ1) is 34.2. The first kappa shape index (κ1) is 39.0. The largest absolute Gasteiger partial charge is 0.455 e. The van der Waals surface area contributed by atoms with Crippen molar-refractivity contribution in [3.8, 4) is 39.1 Å². The zero-order valence-corrected chi connectivity index (χ0v) is 37.6. The van der Waals surface area contributed by atoms with E-state index in [4.69, 9.17) is 4.42 Å². The molecule has 0 aliphatic rings. The Morgan fingerprint density at radius 2 is 0.870 bits per heavy atom. The Bertz CT molecular complexity index is 4260. The summed E-state index contributed by atoms with van der Waals surface area (Å²) in [6.45, 7) is 0. The Kier molecular flexibility index (Phi) is 8.90. The van der Waals surface area contributed by atoms with Crippen molar-refractivity contribution in [2.24, 2.45) is 0 Å². The summed E-state index contributed by atoms with van der Waals surface area (Å²) >= 11 is 0. The zero-order valence-electron chi connectivity index (χ0n) is 37.6. The van der Waals surface area contributed by atoms with Crippen molar-refractivity contribution >= 4 is 93.1 Å². The Labute approximate surface area is 399 Å². The van der Waals surface area contributed by atoms with E-state index in [2.05, 4.69) is 264 Å². The van der Waals surface area contributed by atoms with E-state index >= 15 is 0 Å². The Hall–Kier alpha value is -9.18. The highest BCUT2D eigenvalue weighted by Crippen LogP contribution is 2.48. The van der Waals surface area contributed by atoms with Crippen LogP contribution >= 0.6 is 0 Å². The van der Waals surface area contributed by atoms with Crippen LogP contribution < -0.4 is 4.90 Å². The second kappa shape index (κ2) is 15.7. The Balaban J connectivity index is 0.974. The SMILES string of the molecule is c1ccc(-n2c3ccccc3c3ccccc32)c(-c2ccc(N(c3ccc(-c4ccc5ccccc5c4)cc3)c3ccc(-c4cc5ccccc5c5ccccc45)cc3)c3c2oc2ccccc23)c1. The molecule has 0 bridgehead atoms. The molecule has 0 spiro atoms. The smallest absolute Gasteiger partial charge is 0.145 e.